The summed E-state index contributed by atoms with van der Waals surface area (Å²) in [6.45, 7) is 9.12. The minimum absolute atomic E-state index is 0.0116. The summed E-state index contributed by atoms with van der Waals surface area (Å²) in [5.74, 6) is -1.95. The first kappa shape index (κ1) is 43.3. The van der Waals surface area contributed by atoms with Gasteiger partial charge in [0.25, 0.3) is 0 Å². The van der Waals surface area contributed by atoms with Crippen LogP contribution in [0.15, 0.2) is 12.2 Å². The number of hydrogen-bond acceptors (Lipinski definition) is 7. The Hall–Kier alpha value is -2.79. The Balaban J connectivity index is 0. The number of rotatable bonds is 30. The van der Waals surface area contributed by atoms with E-state index in [1.165, 1.54) is 89.7 Å². The van der Waals surface area contributed by atoms with Crippen LogP contribution in [0.1, 0.15) is 122 Å². The molecular formula is C33H61N3O8. The van der Waals surface area contributed by atoms with Crippen LogP contribution >= 0.6 is 0 Å². The van der Waals surface area contributed by atoms with Gasteiger partial charge in [-0.05, 0) is 32.6 Å². The number of likely N-dealkylation sites (N-methyl/N-ethyl adjacent to an activating group) is 1. The van der Waals surface area contributed by atoms with Gasteiger partial charge < -0.3 is 35.3 Å². The van der Waals surface area contributed by atoms with Gasteiger partial charge in [-0.1, -0.05) is 82.6 Å². The van der Waals surface area contributed by atoms with E-state index in [1.807, 2.05) is 6.79 Å². The third-order valence-electron chi connectivity index (χ3n) is 7.00. The van der Waals surface area contributed by atoms with Gasteiger partial charge in [0, 0.05) is 26.4 Å². The number of carbonyl (C=O) groups is 5. The molecule has 0 rings (SSSR count). The van der Waals surface area contributed by atoms with Gasteiger partial charge in [0.1, 0.15) is 19.4 Å². The van der Waals surface area contributed by atoms with Crippen molar-refractivity contribution >= 4 is 30.5 Å². The van der Waals surface area contributed by atoms with Crippen LogP contribution in [0.2, 0.25) is 0 Å². The highest BCUT2D eigenvalue weighted by Gasteiger charge is 2.20. The number of carbonyl (C=O) groups excluding carboxylic acids is 4. The third kappa shape index (κ3) is 32.1. The zero-order valence-electron chi connectivity index (χ0n) is 27.6. The number of allylic oxidation sites excluding steroid dienone is 1. The first-order valence-electron chi connectivity index (χ1n) is 16.3. The van der Waals surface area contributed by atoms with Crippen LogP contribution in [0.3, 0.4) is 0 Å². The molecule has 0 spiro atoms. The predicted molar refractivity (Wildman–Crippen MR) is 173 cm³/mol. The van der Waals surface area contributed by atoms with Gasteiger partial charge in [0.15, 0.2) is 0 Å². The van der Waals surface area contributed by atoms with Crippen molar-refractivity contribution in [3.8, 4) is 0 Å². The molecule has 11 heteroatoms. The van der Waals surface area contributed by atoms with Crippen LogP contribution in [0.5, 0.6) is 0 Å². The highest BCUT2D eigenvalue weighted by Crippen LogP contribution is 2.14. The molecule has 0 heterocycles. The summed E-state index contributed by atoms with van der Waals surface area (Å²) in [5, 5.41) is 17.1. The van der Waals surface area contributed by atoms with E-state index < -0.39 is 12.0 Å². The molecule has 256 valence electrons. The van der Waals surface area contributed by atoms with Crippen molar-refractivity contribution in [2.24, 2.45) is 0 Å². The minimum atomic E-state index is -1.14. The molecular weight excluding hydrogens is 566 g/mol. The Bertz CT molecular complexity index is 763. The molecule has 0 aliphatic rings. The maximum atomic E-state index is 12.2. The number of nitrogens with one attached hydrogen (secondary N) is 3. The molecule has 0 fully saturated rings. The summed E-state index contributed by atoms with van der Waals surface area (Å²) < 4.78 is 10.4. The molecule has 0 saturated carbocycles. The maximum Gasteiger partial charge on any atom is 0.326 e. The van der Waals surface area contributed by atoms with Crippen molar-refractivity contribution in [2.45, 2.75) is 129 Å². The van der Waals surface area contributed by atoms with Gasteiger partial charge >= 0.3 is 5.97 Å². The highest BCUT2D eigenvalue weighted by molar-refractivity contribution is 5.84. The van der Waals surface area contributed by atoms with Crippen LogP contribution in [-0.4, -0.2) is 81.6 Å². The fraction of sp³-hybridized carbons (Fsp3) is 0.788. The zero-order chi connectivity index (χ0) is 33.3. The minimum Gasteiger partial charge on any atom is -0.480 e. The predicted octanol–water partition coefficient (Wildman–Crippen LogP) is 4.86. The van der Waals surface area contributed by atoms with Crippen LogP contribution in [-0.2, 0) is 33.4 Å². The Labute approximate surface area is 265 Å². The first-order chi connectivity index (χ1) is 21.3. The zero-order valence-corrected chi connectivity index (χ0v) is 27.6. The van der Waals surface area contributed by atoms with E-state index in [9.17, 15) is 24.3 Å². The number of carboxylic acid groups (broad SMARTS) is 1. The van der Waals surface area contributed by atoms with E-state index >= 15 is 0 Å². The molecule has 0 aromatic heterocycles. The quantitative estimate of drug-likeness (QED) is 0.0649. The number of hydrogen-bond donors (Lipinski definition) is 4. The van der Waals surface area contributed by atoms with E-state index in [4.69, 9.17) is 14.3 Å². The van der Waals surface area contributed by atoms with Gasteiger partial charge in [0.2, 0.25) is 17.7 Å². The number of unbranched alkanes of at least 4 members (excludes halogenated alkanes) is 13. The van der Waals surface area contributed by atoms with E-state index in [2.05, 4.69) is 29.5 Å². The summed E-state index contributed by atoms with van der Waals surface area (Å²) in [6.07, 6.45) is 18.6. The fourth-order valence-electron chi connectivity index (χ4n) is 4.44. The van der Waals surface area contributed by atoms with Gasteiger partial charge in [-0.3, -0.25) is 14.4 Å². The number of amides is 3. The first-order valence-corrected chi connectivity index (χ1v) is 16.3. The lowest BCUT2D eigenvalue weighted by atomic mass is 10.0. The van der Waals surface area contributed by atoms with Crippen LogP contribution < -0.4 is 16.0 Å². The Kier molecular flexibility index (Phi) is 32.6. The molecule has 0 aromatic carbocycles. The number of carboxylic acids is 1. The number of ether oxygens (including phenoxy) is 2. The highest BCUT2D eigenvalue weighted by atomic mass is 16.5. The van der Waals surface area contributed by atoms with Crippen LogP contribution in [0.4, 0.5) is 0 Å². The molecule has 44 heavy (non-hydrogen) atoms. The Morgan fingerprint density at radius 2 is 1.14 bits per heavy atom. The fourth-order valence-corrected chi connectivity index (χ4v) is 4.44. The summed E-state index contributed by atoms with van der Waals surface area (Å²) in [4.78, 5) is 54.7. The second kappa shape index (κ2) is 33.1. The van der Waals surface area contributed by atoms with E-state index in [-0.39, 0.29) is 63.5 Å². The molecule has 0 saturated heterocycles. The monoisotopic (exact) mass is 627 g/mol. The van der Waals surface area contributed by atoms with Crippen molar-refractivity contribution in [1.29, 1.82) is 0 Å². The molecule has 0 aliphatic heterocycles. The smallest absolute Gasteiger partial charge is 0.326 e. The molecule has 4 N–H and O–H groups in total. The lowest BCUT2D eigenvalue weighted by molar-refractivity contribution is -0.142. The SMILES string of the molecule is C=C(C)CCCCCCCCCCCCCCCCC(=O)N[C@@H](CCC(=O)NCCOCCOCC(=O)NC)C(=O)O.C=O. The summed E-state index contributed by atoms with van der Waals surface area (Å²) in [7, 11) is 1.53. The van der Waals surface area contributed by atoms with Gasteiger partial charge in [-0.25, -0.2) is 4.79 Å². The summed E-state index contributed by atoms with van der Waals surface area (Å²) in [6, 6.07) is -1.08. The molecule has 11 nitrogen and oxygen atoms in total. The van der Waals surface area contributed by atoms with Crippen molar-refractivity contribution < 1.29 is 38.6 Å². The molecule has 0 unspecified atom stereocenters. The molecule has 3 amide bonds. The van der Waals surface area contributed by atoms with E-state index in [0.717, 1.165) is 19.3 Å². The molecule has 0 aromatic rings. The standard InChI is InChI=1S/C32H59N3O7.CH2O/c1-27(2)18-16-14-12-10-8-6-4-5-7-9-11-13-15-17-19-30(37)35-28(32(39)40)20-21-29(36)34-22-23-41-24-25-42-26-31(38)33-3;1-2/h28H,1,4-26H2,2-3H3,(H,33,38)(H,34,36)(H,35,37)(H,39,40);1H2/t28-;/m0./s1. The van der Waals surface area contributed by atoms with E-state index in [0.29, 0.717) is 6.42 Å². The van der Waals surface area contributed by atoms with Gasteiger partial charge in [0.05, 0.1) is 19.8 Å². The van der Waals surface area contributed by atoms with Crippen molar-refractivity contribution in [3.05, 3.63) is 12.2 Å². The summed E-state index contributed by atoms with van der Waals surface area (Å²) in [5.41, 5.74) is 1.29. The average Bonchev–Trinajstić information content (AvgIpc) is 3.00. The molecule has 1 atom stereocenters. The average molecular weight is 628 g/mol. The Morgan fingerprint density at radius 1 is 0.659 bits per heavy atom. The number of aliphatic carboxylic acids is 1. The maximum absolute atomic E-state index is 12.2. The largest absolute Gasteiger partial charge is 0.480 e. The second-order valence-electron chi connectivity index (χ2n) is 11.1. The van der Waals surface area contributed by atoms with Crippen LogP contribution in [0.25, 0.3) is 0 Å². The van der Waals surface area contributed by atoms with Crippen LogP contribution in [0, 0.1) is 0 Å². The molecule has 0 bridgehead atoms. The summed E-state index contributed by atoms with van der Waals surface area (Å²) >= 11 is 0. The third-order valence-corrected chi connectivity index (χ3v) is 7.00. The Morgan fingerprint density at radius 3 is 1.61 bits per heavy atom. The van der Waals surface area contributed by atoms with Crippen molar-refractivity contribution in [1.82, 2.24) is 16.0 Å². The van der Waals surface area contributed by atoms with Crippen molar-refractivity contribution in [3.63, 3.8) is 0 Å². The molecule has 0 radical (unpaired) electrons. The van der Waals surface area contributed by atoms with Gasteiger partial charge in [-0.2, -0.15) is 0 Å². The lowest BCUT2D eigenvalue weighted by Gasteiger charge is -2.14. The van der Waals surface area contributed by atoms with Crippen molar-refractivity contribution in [2.75, 3.05) is 40.0 Å². The second-order valence-corrected chi connectivity index (χ2v) is 11.1. The normalized spacial score (nSPS) is 11.1. The van der Waals surface area contributed by atoms with E-state index in [1.54, 1.807) is 0 Å². The molecule has 0 aliphatic carbocycles. The van der Waals surface area contributed by atoms with Gasteiger partial charge in [-0.15, -0.1) is 6.58 Å². The lowest BCUT2D eigenvalue weighted by Crippen LogP contribution is -2.41. The topological polar surface area (TPSA) is 160 Å².